The Morgan fingerprint density at radius 3 is 2.19 bits per heavy atom. The number of hydrogen-bond acceptors (Lipinski definition) is 4. The van der Waals surface area contributed by atoms with Crippen LogP contribution in [-0.4, -0.2) is 37.1 Å². The summed E-state index contributed by atoms with van der Waals surface area (Å²) < 4.78 is 5.85. The van der Waals surface area contributed by atoms with Gasteiger partial charge in [-0.3, -0.25) is 10.1 Å². The first-order valence-corrected chi connectivity index (χ1v) is 8.36. The average Bonchev–Trinajstić information content (AvgIpc) is 1.99. The van der Waals surface area contributed by atoms with Gasteiger partial charge in [-0.05, 0) is 25.1 Å². The molecule has 0 heterocycles. The SMILES string of the molecule is C[C@@H](O[Si](C)(C)C(C)(C)C)[C@@H](O)C[N+](=O)[O-]. The van der Waals surface area contributed by atoms with Crippen molar-refractivity contribution in [1.82, 2.24) is 0 Å². The third kappa shape index (κ3) is 4.59. The first kappa shape index (κ1) is 15.5. The molecule has 0 aromatic heterocycles. The second kappa shape index (κ2) is 5.24. The number of aliphatic hydroxyl groups is 1. The maximum atomic E-state index is 10.3. The van der Waals surface area contributed by atoms with E-state index < -0.39 is 32.0 Å². The van der Waals surface area contributed by atoms with Crippen LogP contribution >= 0.6 is 0 Å². The van der Waals surface area contributed by atoms with Gasteiger partial charge in [-0.1, -0.05) is 20.8 Å². The van der Waals surface area contributed by atoms with Gasteiger partial charge in [-0.25, -0.2) is 0 Å². The van der Waals surface area contributed by atoms with Crippen LogP contribution in [0.3, 0.4) is 0 Å². The van der Waals surface area contributed by atoms with E-state index in [0.717, 1.165) is 0 Å². The summed E-state index contributed by atoms with van der Waals surface area (Å²) in [4.78, 5) is 9.76. The average molecular weight is 249 g/mol. The first-order valence-electron chi connectivity index (χ1n) is 5.45. The van der Waals surface area contributed by atoms with Crippen molar-refractivity contribution < 1.29 is 14.5 Å². The van der Waals surface area contributed by atoms with Crippen LogP contribution in [0.5, 0.6) is 0 Å². The normalized spacial score (nSPS) is 16.9. The highest BCUT2D eigenvalue weighted by Crippen LogP contribution is 2.37. The molecule has 1 N–H and O–H groups in total. The second-order valence-electron chi connectivity index (χ2n) is 5.67. The van der Waals surface area contributed by atoms with Gasteiger partial charge >= 0.3 is 0 Å². The van der Waals surface area contributed by atoms with Crippen LogP contribution in [0.2, 0.25) is 18.1 Å². The van der Waals surface area contributed by atoms with Crippen molar-refractivity contribution in [3.05, 3.63) is 10.1 Å². The van der Waals surface area contributed by atoms with E-state index in [4.69, 9.17) is 4.43 Å². The second-order valence-corrected chi connectivity index (χ2v) is 10.4. The number of nitrogens with zero attached hydrogens (tertiary/aromatic N) is 1. The smallest absolute Gasteiger partial charge is 0.231 e. The molecule has 0 saturated heterocycles. The molecule has 6 heteroatoms. The molecule has 0 fully saturated rings. The standard InChI is InChI=1S/C10H23NO4Si/c1-8(9(12)7-11(13)14)15-16(5,6)10(2,3)4/h8-9,12H,7H2,1-6H3/t8-,9+/m1/s1. The van der Waals surface area contributed by atoms with Gasteiger partial charge in [0.15, 0.2) is 8.32 Å². The molecular formula is C10H23NO4Si. The molecule has 96 valence electrons. The highest BCUT2D eigenvalue weighted by Gasteiger charge is 2.40. The van der Waals surface area contributed by atoms with Gasteiger partial charge in [0.25, 0.3) is 0 Å². The Labute approximate surface area is 98.1 Å². The molecule has 0 spiro atoms. The van der Waals surface area contributed by atoms with E-state index in [1.165, 1.54) is 0 Å². The van der Waals surface area contributed by atoms with Crippen LogP contribution in [0.1, 0.15) is 27.7 Å². The van der Waals surface area contributed by atoms with Crippen molar-refractivity contribution in [2.45, 2.75) is 58.0 Å². The molecule has 0 aromatic rings. The van der Waals surface area contributed by atoms with Crippen molar-refractivity contribution in [1.29, 1.82) is 0 Å². The third-order valence-electron chi connectivity index (χ3n) is 3.16. The summed E-state index contributed by atoms with van der Waals surface area (Å²) in [5, 5.41) is 19.9. The molecule has 2 atom stereocenters. The summed E-state index contributed by atoms with van der Waals surface area (Å²) in [6, 6.07) is 0. The summed E-state index contributed by atoms with van der Waals surface area (Å²) in [5.41, 5.74) is 0. The Bertz CT molecular complexity index is 250. The molecule has 0 aliphatic rings. The van der Waals surface area contributed by atoms with E-state index >= 15 is 0 Å². The largest absolute Gasteiger partial charge is 0.411 e. The van der Waals surface area contributed by atoms with Gasteiger partial charge in [0, 0.05) is 4.92 Å². The quantitative estimate of drug-likeness (QED) is 0.460. The third-order valence-corrected chi connectivity index (χ3v) is 7.74. The lowest BCUT2D eigenvalue weighted by molar-refractivity contribution is -0.492. The molecule has 0 aliphatic carbocycles. The minimum absolute atomic E-state index is 0.0373. The summed E-state index contributed by atoms with van der Waals surface area (Å²) in [7, 11) is -1.96. The van der Waals surface area contributed by atoms with Crippen molar-refractivity contribution in [3.8, 4) is 0 Å². The number of rotatable bonds is 5. The molecule has 0 aliphatic heterocycles. The molecule has 0 bridgehead atoms. The van der Waals surface area contributed by atoms with Gasteiger partial charge in [0.05, 0.1) is 6.10 Å². The van der Waals surface area contributed by atoms with Crippen LogP contribution in [0.25, 0.3) is 0 Å². The van der Waals surface area contributed by atoms with E-state index in [-0.39, 0.29) is 5.04 Å². The molecule has 0 unspecified atom stereocenters. The van der Waals surface area contributed by atoms with E-state index in [1.807, 2.05) is 0 Å². The fraction of sp³-hybridized carbons (Fsp3) is 1.00. The predicted octanol–water partition coefficient (Wildman–Crippen LogP) is 2.03. The lowest BCUT2D eigenvalue weighted by Gasteiger charge is -2.39. The molecule has 0 radical (unpaired) electrons. The summed E-state index contributed by atoms with van der Waals surface area (Å²) >= 11 is 0. The van der Waals surface area contributed by atoms with E-state index in [1.54, 1.807) is 6.92 Å². The summed E-state index contributed by atoms with van der Waals surface area (Å²) in [5.74, 6) is 0. The number of hydrogen-bond donors (Lipinski definition) is 1. The molecule has 0 rings (SSSR count). The van der Waals surface area contributed by atoms with Crippen molar-refractivity contribution in [2.24, 2.45) is 0 Å². The zero-order valence-electron chi connectivity index (χ0n) is 11.0. The Morgan fingerprint density at radius 1 is 1.44 bits per heavy atom. The fourth-order valence-electron chi connectivity index (χ4n) is 1.02. The number of aliphatic hydroxyl groups excluding tert-OH is 1. The minimum atomic E-state index is -1.96. The van der Waals surface area contributed by atoms with Crippen molar-refractivity contribution in [3.63, 3.8) is 0 Å². The molecule has 16 heavy (non-hydrogen) atoms. The van der Waals surface area contributed by atoms with E-state index in [0.29, 0.717) is 0 Å². The molecule has 0 saturated carbocycles. The lowest BCUT2D eigenvalue weighted by Crippen LogP contribution is -2.47. The first-order chi connectivity index (χ1) is 6.97. The zero-order chi connectivity index (χ0) is 13.1. The fourth-order valence-corrected chi connectivity index (χ4v) is 2.46. The summed E-state index contributed by atoms with van der Waals surface area (Å²) in [6.07, 6.45) is -1.53. The van der Waals surface area contributed by atoms with E-state index in [2.05, 4.69) is 33.9 Å². The van der Waals surface area contributed by atoms with Gasteiger partial charge < -0.3 is 9.53 Å². The van der Waals surface area contributed by atoms with Gasteiger partial charge in [0.1, 0.15) is 6.10 Å². The van der Waals surface area contributed by atoms with Crippen LogP contribution in [0.4, 0.5) is 0 Å². The molecular weight excluding hydrogens is 226 g/mol. The zero-order valence-corrected chi connectivity index (χ0v) is 12.0. The molecule has 5 nitrogen and oxygen atoms in total. The minimum Gasteiger partial charge on any atom is -0.411 e. The van der Waals surface area contributed by atoms with Crippen molar-refractivity contribution >= 4 is 8.32 Å². The highest BCUT2D eigenvalue weighted by atomic mass is 28.4. The Balaban J connectivity index is 4.44. The summed E-state index contributed by atoms with van der Waals surface area (Å²) in [6.45, 7) is 11.6. The molecule has 0 aromatic carbocycles. The van der Waals surface area contributed by atoms with Gasteiger partial charge in [-0.15, -0.1) is 0 Å². The van der Waals surface area contributed by atoms with E-state index in [9.17, 15) is 15.2 Å². The molecule has 0 amide bonds. The number of nitro groups is 1. The van der Waals surface area contributed by atoms with Crippen molar-refractivity contribution in [2.75, 3.05) is 6.54 Å². The van der Waals surface area contributed by atoms with Crippen LogP contribution < -0.4 is 0 Å². The van der Waals surface area contributed by atoms with Gasteiger partial charge in [-0.2, -0.15) is 0 Å². The topological polar surface area (TPSA) is 72.6 Å². The Kier molecular flexibility index (Phi) is 5.09. The maximum absolute atomic E-state index is 10.3. The Morgan fingerprint density at radius 2 is 1.88 bits per heavy atom. The van der Waals surface area contributed by atoms with Crippen LogP contribution in [0, 0.1) is 10.1 Å². The maximum Gasteiger partial charge on any atom is 0.231 e. The lowest BCUT2D eigenvalue weighted by atomic mass is 10.2. The Hall–Kier alpha value is -0.463. The van der Waals surface area contributed by atoms with Crippen LogP contribution in [0.15, 0.2) is 0 Å². The monoisotopic (exact) mass is 249 g/mol. The van der Waals surface area contributed by atoms with Gasteiger partial charge in [0.2, 0.25) is 6.54 Å². The highest BCUT2D eigenvalue weighted by molar-refractivity contribution is 6.74. The predicted molar refractivity (Wildman–Crippen MR) is 65.6 cm³/mol. The van der Waals surface area contributed by atoms with Crippen LogP contribution in [-0.2, 0) is 4.43 Å².